The van der Waals surface area contributed by atoms with E-state index in [1.165, 1.54) is 23.2 Å². The van der Waals surface area contributed by atoms with Crippen molar-refractivity contribution in [3.63, 3.8) is 0 Å². The van der Waals surface area contributed by atoms with Crippen LogP contribution in [-0.2, 0) is 6.54 Å². The van der Waals surface area contributed by atoms with Crippen molar-refractivity contribution in [2.75, 3.05) is 6.54 Å². The molecule has 7 nitrogen and oxygen atoms in total. The summed E-state index contributed by atoms with van der Waals surface area (Å²) in [5.74, 6) is -0.396. The van der Waals surface area contributed by atoms with E-state index in [4.69, 9.17) is 0 Å². The predicted octanol–water partition coefficient (Wildman–Crippen LogP) is 2.33. The molecule has 9 heteroatoms. The number of hydrogen-bond acceptors (Lipinski definition) is 4. The van der Waals surface area contributed by atoms with Gasteiger partial charge in [-0.05, 0) is 37.1 Å². The molecule has 3 heterocycles. The van der Waals surface area contributed by atoms with Crippen molar-refractivity contribution in [1.82, 2.24) is 19.4 Å². The quantitative estimate of drug-likeness (QED) is 0.728. The highest BCUT2D eigenvalue weighted by atomic mass is 19.3. The maximum atomic E-state index is 13.2. The summed E-state index contributed by atoms with van der Waals surface area (Å²) < 4.78 is 27.4. The Bertz CT molecular complexity index is 1190. The van der Waals surface area contributed by atoms with Crippen molar-refractivity contribution >= 4 is 16.8 Å². The number of para-hydroxylation sites is 1. The first-order valence-corrected chi connectivity index (χ1v) is 9.23. The van der Waals surface area contributed by atoms with E-state index in [1.54, 1.807) is 24.3 Å². The number of likely N-dealkylation sites (tertiary alicyclic amines) is 1. The van der Waals surface area contributed by atoms with E-state index < -0.39 is 36.0 Å². The maximum absolute atomic E-state index is 13.2. The minimum absolute atomic E-state index is 0.0389. The van der Waals surface area contributed by atoms with Crippen LogP contribution in [0.4, 0.5) is 8.78 Å². The highest BCUT2D eigenvalue weighted by molar-refractivity contribution is 5.94. The number of aromatic nitrogens is 3. The van der Waals surface area contributed by atoms with Gasteiger partial charge in [0.1, 0.15) is 11.4 Å². The summed E-state index contributed by atoms with van der Waals surface area (Å²) in [6, 6.07) is 8.81. The summed E-state index contributed by atoms with van der Waals surface area (Å²) in [6.45, 7) is -0.467. The Hall–Kier alpha value is -3.36. The van der Waals surface area contributed by atoms with Gasteiger partial charge in [-0.3, -0.25) is 19.0 Å². The second-order valence-corrected chi connectivity index (χ2v) is 6.86. The van der Waals surface area contributed by atoms with Crippen molar-refractivity contribution in [2.45, 2.75) is 31.9 Å². The summed E-state index contributed by atoms with van der Waals surface area (Å²) in [6.07, 6.45) is -0.258. The standard InChI is InChI=1S/C20H18F2N4O3/c21-16(22)11-26-17(24-14-7-2-1-5-12(14)19(26)28)15-8-4-10-25(15)20(29)13-6-3-9-23-18(13)27/h1-3,5-7,9,15-16H,4,8,10-11H2,(H,23,27). The molecule has 150 valence electrons. The molecule has 1 amide bonds. The van der Waals surface area contributed by atoms with Gasteiger partial charge in [0, 0.05) is 12.7 Å². The number of amides is 1. The maximum Gasteiger partial charge on any atom is 0.261 e. The van der Waals surface area contributed by atoms with Crippen LogP contribution in [0.25, 0.3) is 10.9 Å². The molecule has 1 N–H and O–H groups in total. The van der Waals surface area contributed by atoms with Gasteiger partial charge in [-0.15, -0.1) is 0 Å². The number of H-pyrrole nitrogens is 1. The summed E-state index contributed by atoms with van der Waals surface area (Å²) >= 11 is 0. The first kappa shape index (κ1) is 19.0. The molecule has 1 fully saturated rings. The molecule has 2 aromatic heterocycles. The molecule has 1 aromatic carbocycles. The molecule has 1 aliphatic rings. The fourth-order valence-corrected chi connectivity index (χ4v) is 3.78. The van der Waals surface area contributed by atoms with Crippen LogP contribution in [0.3, 0.4) is 0 Å². The molecule has 1 unspecified atom stereocenters. The lowest BCUT2D eigenvalue weighted by Gasteiger charge is -2.26. The van der Waals surface area contributed by atoms with E-state index in [0.29, 0.717) is 24.9 Å². The van der Waals surface area contributed by atoms with Crippen molar-refractivity contribution in [3.8, 4) is 0 Å². The molecular weight excluding hydrogens is 382 g/mol. The monoisotopic (exact) mass is 400 g/mol. The van der Waals surface area contributed by atoms with E-state index in [0.717, 1.165) is 4.57 Å². The van der Waals surface area contributed by atoms with Crippen LogP contribution in [0.1, 0.15) is 35.1 Å². The highest BCUT2D eigenvalue weighted by Crippen LogP contribution is 2.32. The molecular formula is C20H18F2N4O3. The van der Waals surface area contributed by atoms with Crippen LogP contribution < -0.4 is 11.1 Å². The van der Waals surface area contributed by atoms with Crippen LogP contribution in [-0.4, -0.2) is 38.3 Å². The number of carbonyl (C=O) groups excluding carboxylic acids is 1. The Morgan fingerprint density at radius 1 is 1.21 bits per heavy atom. The number of carbonyl (C=O) groups is 1. The first-order chi connectivity index (χ1) is 14.0. The predicted molar refractivity (Wildman–Crippen MR) is 102 cm³/mol. The van der Waals surface area contributed by atoms with Gasteiger partial charge < -0.3 is 9.88 Å². The first-order valence-electron chi connectivity index (χ1n) is 9.23. The number of fused-ring (bicyclic) bond motifs is 1. The lowest BCUT2D eigenvalue weighted by atomic mass is 10.1. The largest absolute Gasteiger partial charge is 0.328 e. The van der Waals surface area contributed by atoms with Crippen molar-refractivity contribution < 1.29 is 13.6 Å². The van der Waals surface area contributed by atoms with Gasteiger partial charge in [0.15, 0.2) is 0 Å². The zero-order valence-corrected chi connectivity index (χ0v) is 15.3. The number of nitrogens with zero attached hydrogens (tertiary/aromatic N) is 3. The van der Waals surface area contributed by atoms with E-state index in [2.05, 4.69) is 9.97 Å². The topological polar surface area (TPSA) is 88.1 Å². The third-order valence-corrected chi connectivity index (χ3v) is 5.07. The Kier molecular flexibility index (Phi) is 4.96. The third-order valence-electron chi connectivity index (χ3n) is 5.07. The average molecular weight is 400 g/mol. The summed E-state index contributed by atoms with van der Waals surface area (Å²) in [5.41, 5.74) is -0.750. The number of benzene rings is 1. The Morgan fingerprint density at radius 2 is 2.00 bits per heavy atom. The Balaban J connectivity index is 1.84. The summed E-state index contributed by atoms with van der Waals surface area (Å²) in [5, 5.41) is 0.243. The Morgan fingerprint density at radius 3 is 2.76 bits per heavy atom. The minimum Gasteiger partial charge on any atom is -0.328 e. The fraction of sp³-hybridized carbons (Fsp3) is 0.300. The number of aromatic amines is 1. The number of hydrogen-bond donors (Lipinski definition) is 1. The minimum atomic E-state index is -2.75. The van der Waals surface area contributed by atoms with E-state index in [9.17, 15) is 23.2 Å². The van der Waals surface area contributed by atoms with Gasteiger partial charge in [0.2, 0.25) is 0 Å². The SMILES string of the molecule is O=C(c1ccc[nH]c1=O)N1CCCC1c1nc2ccccc2c(=O)n1CC(F)F. The van der Waals surface area contributed by atoms with E-state index in [1.807, 2.05) is 0 Å². The van der Waals surface area contributed by atoms with Crippen LogP contribution in [0.2, 0.25) is 0 Å². The van der Waals surface area contributed by atoms with Crippen LogP contribution in [0.15, 0.2) is 52.2 Å². The Labute approximate surface area is 163 Å². The smallest absolute Gasteiger partial charge is 0.261 e. The molecule has 29 heavy (non-hydrogen) atoms. The molecule has 0 spiro atoms. The molecule has 1 aliphatic heterocycles. The van der Waals surface area contributed by atoms with Crippen LogP contribution in [0.5, 0.6) is 0 Å². The molecule has 4 rings (SSSR count). The number of alkyl halides is 2. The van der Waals surface area contributed by atoms with Gasteiger partial charge >= 0.3 is 0 Å². The van der Waals surface area contributed by atoms with Crippen molar-refractivity contribution in [2.24, 2.45) is 0 Å². The lowest BCUT2D eigenvalue weighted by molar-refractivity contribution is 0.0719. The van der Waals surface area contributed by atoms with Gasteiger partial charge in [0.25, 0.3) is 23.5 Å². The lowest BCUT2D eigenvalue weighted by Crippen LogP contribution is -2.38. The molecule has 3 aromatic rings. The van der Waals surface area contributed by atoms with Crippen LogP contribution in [0, 0.1) is 0 Å². The van der Waals surface area contributed by atoms with Crippen LogP contribution >= 0.6 is 0 Å². The van der Waals surface area contributed by atoms with Crippen molar-refractivity contribution in [3.05, 3.63) is 74.7 Å². The second-order valence-electron chi connectivity index (χ2n) is 6.86. The third kappa shape index (κ3) is 3.43. The van der Waals surface area contributed by atoms with E-state index >= 15 is 0 Å². The zero-order chi connectivity index (χ0) is 20.5. The summed E-state index contributed by atoms with van der Waals surface area (Å²) in [4.78, 5) is 46.2. The molecule has 0 saturated carbocycles. The number of nitrogens with one attached hydrogen (secondary N) is 1. The number of rotatable bonds is 4. The molecule has 0 bridgehead atoms. The molecule has 1 saturated heterocycles. The highest BCUT2D eigenvalue weighted by Gasteiger charge is 2.35. The van der Waals surface area contributed by atoms with Crippen molar-refractivity contribution in [1.29, 1.82) is 0 Å². The molecule has 0 radical (unpaired) electrons. The van der Waals surface area contributed by atoms with E-state index in [-0.39, 0.29) is 16.8 Å². The zero-order valence-electron chi connectivity index (χ0n) is 15.3. The van der Waals surface area contributed by atoms with Gasteiger partial charge in [-0.1, -0.05) is 12.1 Å². The molecule has 0 aliphatic carbocycles. The molecule has 1 atom stereocenters. The number of pyridine rings is 1. The normalized spacial score (nSPS) is 16.7. The summed E-state index contributed by atoms with van der Waals surface area (Å²) in [7, 11) is 0. The average Bonchev–Trinajstić information content (AvgIpc) is 3.19. The fourth-order valence-electron chi connectivity index (χ4n) is 3.78. The second kappa shape index (κ2) is 7.57. The van der Waals surface area contributed by atoms with Gasteiger partial charge in [-0.25, -0.2) is 13.8 Å². The van der Waals surface area contributed by atoms with Gasteiger partial charge in [0.05, 0.1) is 23.5 Å². The number of halogens is 2. The van der Waals surface area contributed by atoms with Gasteiger partial charge in [-0.2, -0.15) is 0 Å².